The zero-order chi connectivity index (χ0) is 47.6. The van der Waals surface area contributed by atoms with Crippen LogP contribution in [0, 0.1) is 11.8 Å². The van der Waals surface area contributed by atoms with E-state index in [0.717, 1.165) is 0 Å². The lowest BCUT2D eigenvalue weighted by molar-refractivity contribution is -0.147. The summed E-state index contributed by atoms with van der Waals surface area (Å²) in [6.07, 6.45) is -1.86. The average Bonchev–Trinajstić information content (AvgIpc) is 3.71. The predicted molar refractivity (Wildman–Crippen MR) is 224 cm³/mol. The summed E-state index contributed by atoms with van der Waals surface area (Å²) in [4.78, 5) is 130. The number of likely N-dealkylation sites (tertiary alicyclic amines) is 1. The molecule has 1 aromatic carbocycles. The number of primary amides is 1. The van der Waals surface area contributed by atoms with Crippen molar-refractivity contribution >= 4 is 59.2 Å². The van der Waals surface area contributed by atoms with Gasteiger partial charge < -0.3 is 63.6 Å². The van der Waals surface area contributed by atoms with Gasteiger partial charge in [-0.2, -0.15) is 0 Å². The average molecular weight is 890 g/mol. The van der Waals surface area contributed by atoms with Crippen LogP contribution in [0.4, 0.5) is 0 Å². The quantitative estimate of drug-likeness (QED) is 0.0454. The van der Waals surface area contributed by atoms with E-state index in [-0.39, 0.29) is 38.1 Å². The summed E-state index contributed by atoms with van der Waals surface area (Å²) in [6.45, 7) is 7.49. The summed E-state index contributed by atoms with van der Waals surface area (Å²) in [7, 11) is 0. The lowest BCUT2D eigenvalue weighted by Crippen LogP contribution is -2.60. The van der Waals surface area contributed by atoms with Crippen molar-refractivity contribution in [1.29, 1.82) is 0 Å². The molecule has 350 valence electrons. The van der Waals surface area contributed by atoms with Crippen molar-refractivity contribution in [3.05, 3.63) is 35.9 Å². The molecule has 0 radical (unpaired) electrons. The molecule has 1 aromatic rings. The van der Waals surface area contributed by atoms with Gasteiger partial charge in [-0.05, 0) is 50.0 Å². The van der Waals surface area contributed by atoms with Gasteiger partial charge >= 0.3 is 11.9 Å². The van der Waals surface area contributed by atoms with Gasteiger partial charge in [-0.1, -0.05) is 64.4 Å². The summed E-state index contributed by atoms with van der Waals surface area (Å²) in [5.74, 6) is -10.3. The molecule has 22 heteroatoms. The van der Waals surface area contributed by atoms with E-state index >= 15 is 0 Å². The molecule has 63 heavy (non-hydrogen) atoms. The van der Waals surface area contributed by atoms with Crippen molar-refractivity contribution in [3.8, 4) is 0 Å². The predicted octanol–water partition coefficient (Wildman–Crippen LogP) is -2.61. The summed E-state index contributed by atoms with van der Waals surface area (Å²) in [5.41, 5.74) is 11.9. The highest BCUT2D eigenvalue weighted by Crippen LogP contribution is 2.22. The number of hydrogen-bond donors (Lipinski definition) is 11. The fourth-order valence-corrected chi connectivity index (χ4v) is 6.76. The first-order valence-corrected chi connectivity index (χ1v) is 20.9. The van der Waals surface area contributed by atoms with E-state index in [2.05, 4.69) is 31.9 Å². The SMILES string of the molecule is CC[C@H](C)[C@H](NC(=O)[C@H](CC(=O)O)NC(=O)CNC(=O)[C@H](Cc1ccccc1)NC(=O)[C@H](CCC(N)=O)NC(=O)[C@@H](N)CC(C)C)C(=O)N1CCC[C@H]1C(=O)N[C@H](C(=O)O)[C@@H](C)O. The van der Waals surface area contributed by atoms with Gasteiger partial charge in [0.15, 0.2) is 6.04 Å². The van der Waals surface area contributed by atoms with Crippen molar-refractivity contribution in [3.63, 3.8) is 0 Å². The molecule has 8 amide bonds. The van der Waals surface area contributed by atoms with E-state index in [1.165, 1.54) is 11.8 Å². The third-order valence-electron chi connectivity index (χ3n) is 10.4. The topological polar surface area (TPSA) is 359 Å². The van der Waals surface area contributed by atoms with Crippen LogP contribution in [0.1, 0.15) is 85.1 Å². The number of carbonyl (C=O) groups is 10. The monoisotopic (exact) mass is 889 g/mol. The molecule has 9 atom stereocenters. The van der Waals surface area contributed by atoms with Crippen molar-refractivity contribution < 1.29 is 63.3 Å². The largest absolute Gasteiger partial charge is 0.481 e. The molecule has 2 rings (SSSR count). The minimum atomic E-state index is -1.76. The van der Waals surface area contributed by atoms with E-state index in [1.54, 1.807) is 44.2 Å². The Morgan fingerprint density at radius 2 is 1.41 bits per heavy atom. The number of nitrogens with one attached hydrogen (secondary N) is 6. The van der Waals surface area contributed by atoms with Gasteiger partial charge in [0.05, 0.1) is 25.1 Å². The molecule has 0 saturated carbocycles. The van der Waals surface area contributed by atoms with Crippen molar-refractivity contribution in [2.75, 3.05) is 13.1 Å². The first-order chi connectivity index (χ1) is 29.5. The Labute approximate surface area is 365 Å². The van der Waals surface area contributed by atoms with Gasteiger partial charge in [0.1, 0.15) is 30.2 Å². The van der Waals surface area contributed by atoms with E-state index in [1.807, 2.05) is 13.8 Å². The van der Waals surface area contributed by atoms with Crippen LogP contribution in [0.3, 0.4) is 0 Å². The number of carboxylic acids is 2. The number of carboxylic acid groups (broad SMARTS) is 2. The maximum atomic E-state index is 13.9. The van der Waals surface area contributed by atoms with Crippen LogP contribution in [0.5, 0.6) is 0 Å². The molecule has 0 aliphatic carbocycles. The molecule has 0 spiro atoms. The van der Waals surface area contributed by atoms with E-state index in [0.29, 0.717) is 24.8 Å². The molecule has 0 unspecified atom stereocenters. The number of nitrogens with zero attached hydrogens (tertiary/aromatic N) is 1. The number of benzene rings is 1. The molecule has 22 nitrogen and oxygen atoms in total. The fraction of sp³-hybridized carbons (Fsp3) is 0.610. The zero-order valence-electron chi connectivity index (χ0n) is 36.3. The minimum absolute atomic E-state index is 0.0503. The Balaban J connectivity index is 2.25. The molecule has 0 bridgehead atoms. The summed E-state index contributed by atoms with van der Waals surface area (Å²) in [5, 5.41) is 43.3. The second-order valence-electron chi connectivity index (χ2n) is 16.1. The van der Waals surface area contributed by atoms with Crippen LogP contribution in [0.2, 0.25) is 0 Å². The zero-order valence-corrected chi connectivity index (χ0v) is 36.3. The van der Waals surface area contributed by atoms with Crippen molar-refractivity contribution in [1.82, 2.24) is 36.8 Å². The summed E-state index contributed by atoms with van der Waals surface area (Å²) in [6, 6.07) is -1.07. The highest BCUT2D eigenvalue weighted by molar-refractivity contribution is 5.98. The second-order valence-corrected chi connectivity index (χ2v) is 16.1. The number of rotatable bonds is 26. The Kier molecular flexibility index (Phi) is 21.6. The van der Waals surface area contributed by atoms with Gasteiger partial charge in [0, 0.05) is 19.4 Å². The smallest absolute Gasteiger partial charge is 0.328 e. The molecule has 0 aromatic heterocycles. The maximum absolute atomic E-state index is 13.9. The number of hydrogen-bond acceptors (Lipinski definition) is 12. The molecule has 1 aliphatic rings. The molecule has 1 heterocycles. The van der Waals surface area contributed by atoms with Crippen LogP contribution in [-0.2, 0) is 54.4 Å². The first kappa shape index (κ1) is 53.0. The number of nitrogens with two attached hydrogens (primary N) is 2. The standard InChI is InChI=1S/C41H63N9O13/c1-6-22(4)33(40(61)50-16-10-13-29(50)39(60)49-34(23(5)51)41(62)63)48-38(59)28(19-32(54)55)45-31(53)20-44-36(57)27(18-24-11-8-7-9-12-24)47-37(58)26(14-15-30(43)52)46-35(56)25(42)17-21(2)3/h7-9,11-12,21-23,25-29,33-34,51H,6,10,13-20,42H2,1-5H3,(H2,43,52)(H,44,57)(H,45,53)(H,46,56)(H,47,58)(H,48,59)(H,49,60)(H,54,55)(H,62,63)/t22-,23+,25-,26-,27-,28-,29-,33-,34-/m0/s1. The number of carbonyl (C=O) groups excluding carboxylic acids is 8. The van der Waals surface area contributed by atoms with Gasteiger partial charge in [0.25, 0.3) is 0 Å². The molecule has 1 fully saturated rings. The number of aliphatic hydroxyl groups excluding tert-OH is 1. The van der Waals surface area contributed by atoms with Crippen LogP contribution < -0.4 is 43.4 Å². The van der Waals surface area contributed by atoms with Gasteiger partial charge in [-0.3, -0.25) is 43.2 Å². The Morgan fingerprint density at radius 1 is 0.794 bits per heavy atom. The van der Waals surface area contributed by atoms with Crippen LogP contribution >= 0.6 is 0 Å². The van der Waals surface area contributed by atoms with Crippen LogP contribution in [0.15, 0.2) is 30.3 Å². The number of aliphatic hydroxyl groups is 1. The van der Waals surface area contributed by atoms with Crippen LogP contribution in [0.25, 0.3) is 0 Å². The Hall–Kier alpha value is -6.16. The third-order valence-corrected chi connectivity index (χ3v) is 10.4. The van der Waals surface area contributed by atoms with Gasteiger partial charge in [0.2, 0.25) is 47.3 Å². The molecular weight excluding hydrogens is 827 g/mol. The van der Waals surface area contributed by atoms with Gasteiger partial charge in [-0.15, -0.1) is 0 Å². The highest BCUT2D eigenvalue weighted by Gasteiger charge is 2.41. The first-order valence-electron chi connectivity index (χ1n) is 20.9. The van der Waals surface area contributed by atoms with Crippen LogP contribution in [-0.4, -0.2) is 141 Å². The van der Waals surface area contributed by atoms with Gasteiger partial charge in [-0.25, -0.2) is 4.79 Å². The minimum Gasteiger partial charge on any atom is -0.481 e. The summed E-state index contributed by atoms with van der Waals surface area (Å²) >= 11 is 0. The Morgan fingerprint density at radius 3 is 1.97 bits per heavy atom. The molecule has 1 aliphatic heterocycles. The molecule has 13 N–H and O–H groups in total. The lowest BCUT2D eigenvalue weighted by atomic mass is 9.96. The van der Waals surface area contributed by atoms with E-state index in [9.17, 15) is 63.3 Å². The van der Waals surface area contributed by atoms with E-state index in [4.69, 9.17) is 11.5 Å². The van der Waals surface area contributed by atoms with Crippen molar-refractivity contribution in [2.24, 2.45) is 23.3 Å². The van der Waals surface area contributed by atoms with Crippen molar-refractivity contribution in [2.45, 2.75) is 134 Å². The normalized spacial score (nSPS) is 17.3. The number of amides is 8. The lowest BCUT2D eigenvalue weighted by Gasteiger charge is -2.32. The highest BCUT2D eigenvalue weighted by atomic mass is 16.4. The summed E-state index contributed by atoms with van der Waals surface area (Å²) < 4.78 is 0. The van der Waals surface area contributed by atoms with E-state index < -0.39 is 126 Å². The maximum Gasteiger partial charge on any atom is 0.328 e. The Bertz CT molecular complexity index is 1800. The molecule has 1 saturated heterocycles. The third kappa shape index (κ3) is 17.6. The second kappa shape index (κ2) is 25.7. The number of aliphatic carboxylic acids is 2. The fourth-order valence-electron chi connectivity index (χ4n) is 6.76. The molecular formula is C41H63N9O13.